The molecule has 0 bridgehead atoms. The van der Waals surface area contributed by atoms with E-state index in [0.29, 0.717) is 23.6 Å². The van der Waals surface area contributed by atoms with Crippen LogP contribution >= 0.6 is 11.6 Å². The zero-order valence-electron chi connectivity index (χ0n) is 16.8. The average Bonchev–Trinajstić information content (AvgIpc) is 2.72. The number of Topliss-reactive ketones (excluding diaryl/α,β-unsaturated/α-hetero) is 1. The number of aliphatic hydroxyl groups is 1. The fourth-order valence-electron chi connectivity index (χ4n) is 3.40. The summed E-state index contributed by atoms with van der Waals surface area (Å²) in [5.41, 5.74) is 1.69. The molecular formula is C22H27ClN2O4. The van der Waals surface area contributed by atoms with E-state index in [1.807, 2.05) is 18.2 Å². The lowest BCUT2D eigenvalue weighted by molar-refractivity contribution is 0.0653. The molecule has 156 valence electrons. The summed E-state index contributed by atoms with van der Waals surface area (Å²) in [4.78, 5) is 16.0. The minimum Gasteiger partial charge on any atom is -0.493 e. The van der Waals surface area contributed by atoms with Gasteiger partial charge in [0.15, 0.2) is 17.3 Å². The number of hydrogen-bond donors (Lipinski definition) is 1. The second kappa shape index (κ2) is 9.96. The lowest BCUT2D eigenvalue weighted by Crippen LogP contribution is -2.49. The number of hydrogen-bond acceptors (Lipinski definition) is 6. The number of aliphatic hydroxyl groups excluding tert-OH is 1. The van der Waals surface area contributed by atoms with Gasteiger partial charge in [-0.25, -0.2) is 0 Å². The zero-order chi connectivity index (χ0) is 20.8. The third kappa shape index (κ3) is 5.85. The van der Waals surface area contributed by atoms with Crippen LogP contribution in [0.2, 0.25) is 5.02 Å². The van der Waals surface area contributed by atoms with Gasteiger partial charge in [-0.15, -0.1) is 0 Å². The number of carbonyl (C=O) groups excluding carboxylic acids is 1. The van der Waals surface area contributed by atoms with Crippen molar-refractivity contribution in [1.82, 2.24) is 4.90 Å². The number of rotatable bonds is 8. The van der Waals surface area contributed by atoms with Crippen LogP contribution in [0.4, 0.5) is 5.69 Å². The molecular weight excluding hydrogens is 392 g/mol. The minimum atomic E-state index is -0.620. The van der Waals surface area contributed by atoms with Crippen molar-refractivity contribution in [3.05, 3.63) is 53.1 Å². The SMILES string of the molecule is COc1cc(C(C)=O)ccc1OC[C@H](O)CN1CCN(c2cccc(Cl)c2)CC1. The van der Waals surface area contributed by atoms with Crippen LogP contribution in [-0.2, 0) is 0 Å². The summed E-state index contributed by atoms with van der Waals surface area (Å²) in [5, 5.41) is 11.1. The number of anilines is 1. The molecule has 2 aromatic carbocycles. The number of β-amino-alcohol motifs (C(OH)–C–C–N with tert-alkyl or cyclic N) is 1. The first kappa shape index (κ1) is 21.4. The van der Waals surface area contributed by atoms with E-state index in [9.17, 15) is 9.90 Å². The number of piperazine rings is 1. The van der Waals surface area contributed by atoms with Crippen molar-refractivity contribution in [1.29, 1.82) is 0 Å². The van der Waals surface area contributed by atoms with Crippen LogP contribution in [-0.4, -0.2) is 68.3 Å². The van der Waals surface area contributed by atoms with Crippen LogP contribution in [0.1, 0.15) is 17.3 Å². The minimum absolute atomic E-state index is 0.0354. The number of methoxy groups -OCH3 is 1. The van der Waals surface area contributed by atoms with E-state index >= 15 is 0 Å². The highest BCUT2D eigenvalue weighted by molar-refractivity contribution is 6.30. The molecule has 1 aliphatic heterocycles. The Balaban J connectivity index is 1.47. The van der Waals surface area contributed by atoms with Crippen LogP contribution in [0.3, 0.4) is 0 Å². The zero-order valence-corrected chi connectivity index (χ0v) is 17.6. The first-order chi connectivity index (χ1) is 14.0. The maximum absolute atomic E-state index is 11.5. The summed E-state index contributed by atoms with van der Waals surface area (Å²) < 4.78 is 11.0. The van der Waals surface area contributed by atoms with Gasteiger partial charge in [-0.05, 0) is 43.3 Å². The van der Waals surface area contributed by atoms with Crippen LogP contribution in [0, 0.1) is 0 Å². The van der Waals surface area contributed by atoms with Gasteiger partial charge < -0.3 is 19.5 Å². The molecule has 0 aromatic heterocycles. The lowest BCUT2D eigenvalue weighted by atomic mass is 10.1. The van der Waals surface area contributed by atoms with Crippen molar-refractivity contribution in [3.8, 4) is 11.5 Å². The van der Waals surface area contributed by atoms with E-state index in [2.05, 4.69) is 15.9 Å². The molecule has 1 N–H and O–H groups in total. The van der Waals surface area contributed by atoms with Gasteiger partial charge in [0.2, 0.25) is 0 Å². The quantitative estimate of drug-likeness (QED) is 0.664. The van der Waals surface area contributed by atoms with Crippen molar-refractivity contribution in [2.24, 2.45) is 0 Å². The fraction of sp³-hybridized carbons (Fsp3) is 0.409. The highest BCUT2D eigenvalue weighted by Crippen LogP contribution is 2.28. The van der Waals surface area contributed by atoms with Crippen molar-refractivity contribution < 1.29 is 19.4 Å². The van der Waals surface area contributed by atoms with E-state index in [1.165, 1.54) is 14.0 Å². The summed E-state index contributed by atoms with van der Waals surface area (Å²) in [6.45, 7) is 5.69. The first-order valence-corrected chi connectivity index (χ1v) is 10.1. The van der Waals surface area contributed by atoms with Crippen molar-refractivity contribution in [3.63, 3.8) is 0 Å². The topological polar surface area (TPSA) is 62.2 Å². The smallest absolute Gasteiger partial charge is 0.161 e. The number of carbonyl (C=O) groups is 1. The molecule has 3 rings (SSSR count). The summed E-state index contributed by atoms with van der Waals surface area (Å²) in [6, 6.07) is 12.9. The van der Waals surface area contributed by atoms with Crippen molar-refractivity contribution >= 4 is 23.1 Å². The Bertz CT molecular complexity index is 837. The Morgan fingerprint density at radius 3 is 2.55 bits per heavy atom. The van der Waals surface area contributed by atoms with Gasteiger partial charge in [-0.2, -0.15) is 0 Å². The predicted molar refractivity (Wildman–Crippen MR) is 115 cm³/mol. The Kier molecular flexibility index (Phi) is 7.36. The number of ether oxygens (including phenoxy) is 2. The highest BCUT2D eigenvalue weighted by atomic mass is 35.5. The standard InChI is InChI=1S/C22H27ClN2O4/c1-16(26)17-6-7-21(22(12-17)28-2)29-15-20(27)14-24-8-10-25(11-9-24)19-5-3-4-18(23)13-19/h3-7,12-13,20,27H,8-11,14-15H2,1-2H3/t20-/m1/s1. The second-order valence-electron chi connectivity index (χ2n) is 7.15. The van der Waals surface area contributed by atoms with Crippen LogP contribution in [0.25, 0.3) is 0 Å². The third-order valence-electron chi connectivity index (χ3n) is 5.02. The lowest BCUT2D eigenvalue weighted by Gasteiger charge is -2.36. The summed E-state index contributed by atoms with van der Waals surface area (Å²) in [6.07, 6.45) is -0.620. The summed E-state index contributed by atoms with van der Waals surface area (Å²) in [7, 11) is 1.53. The molecule has 1 heterocycles. The van der Waals surface area contributed by atoms with E-state index in [4.69, 9.17) is 21.1 Å². The van der Waals surface area contributed by atoms with E-state index in [0.717, 1.165) is 36.9 Å². The Labute approximate surface area is 176 Å². The first-order valence-electron chi connectivity index (χ1n) is 9.69. The molecule has 1 saturated heterocycles. The van der Waals surface area contributed by atoms with Gasteiger partial charge in [0.25, 0.3) is 0 Å². The van der Waals surface area contributed by atoms with Gasteiger partial charge in [0.05, 0.1) is 7.11 Å². The molecule has 0 amide bonds. The molecule has 0 spiro atoms. The Morgan fingerprint density at radius 1 is 1.14 bits per heavy atom. The number of ketones is 1. The largest absolute Gasteiger partial charge is 0.493 e. The van der Waals surface area contributed by atoms with Crippen molar-refractivity contribution in [2.75, 3.05) is 51.3 Å². The number of halogens is 1. The van der Waals surface area contributed by atoms with Crippen LogP contribution < -0.4 is 14.4 Å². The van der Waals surface area contributed by atoms with Crippen molar-refractivity contribution in [2.45, 2.75) is 13.0 Å². The molecule has 0 saturated carbocycles. The monoisotopic (exact) mass is 418 g/mol. The molecule has 29 heavy (non-hydrogen) atoms. The molecule has 1 atom stereocenters. The summed E-state index contributed by atoms with van der Waals surface area (Å²) in [5.74, 6) is 0.967. The molecule has 1 aliphatic rings. The van der Waals surface area contributed by atoms with Gasteiger partial charge in [-0.3, -0.25) is 9.69 Å². The van der Waals surface area contributed by atoms with Crippen LogP contribution in [0.15, 0.2) is 42.5 Å². The molecule has 1 fully saturated rings. The average molecular weight is 419 g/mol. The second-order valence-corrected chi connectivity index (χ2v) is 7.59. The van der Waals surface area contributed by atoms with Gasteiger partial charge in [0, 0.05) is 49.0 Å². The van der Waals surface area contributed by atoms with Gasteiger partial charge >= 0.3 is 0 Å². The van der Waals surface area contributed by atoms with E-state index < -0.39 is 6.10 Å². The van der Waals surface area contributed by atoms with E-state index in [-0.39, 0.29) is 12.4 Å². The molecule has 7 heteroatoms. The number of benzene rings is 2. The fourth-order valence-corrected chi connectivity index (χ4v) is 3.59. The molecule has 0 radical (unpaired) electrons. The number of nitrogens with zero attached hydrogens (tertiary/aromatic N) is 2. The predicted octanol–water partition coefficient (Wildman–Crippen LogP) is 3.11. The Morgan fingerprint density at radius 2 is 1.90 bits per heavy atom. The maximum atomic E-state index is 11.5. The third-order valence-corrected chi connectivity index (χ3v) is 5.25. The van der Waals surface area contributed by atoms with Gasteiger partial charge in [-0.1, -0.05) is 17.7 Å². The molecule has 6 nitrogen and oxygen atoms in total. The molecule has 2 aromatic rings. The molecule has 0 unspecified atom stereocenters. The summed E-state index contributed by atoms with van der Waals surface area (Å²) >= 11 is 6.08. The Hall–Kier alpha value is -2.28. The van der Waals surface area contributed by atoms with Crippen LogP contribution in [0.5, 0.6) is 11.5 Å². The maximum Gasteiger partial charge on any atom is 0.161 e. The van der Waals surface area contributed by atoms with E-state index in [1.54, 1.807) is 18.2 Å². The molecule has 0 aliphatic carbocycles. The highest BCUT2D eigenvalue weighted by Gasteiger charge is 2.20. The normalized spacial score (nSPS) is 15.8. The van der Waals surface area contributed by atoms with Gasteiger partial charge in [0.1, 0.15) is 12.7 Å².